The monoisotopic (exact) mass is 412 g/mol. The van der Waals surface area contributed by atoms with E-state index in [1.807, 2.05) is 30.0 Å². The molecular formula is C24H29FN2O3. The molecule has 5 nitrogen and oxygen atoms in total. The van der Waals surface area contributed by atoms with Crippen LogP contribution in [0.25, 0.3) is 6.08 Å². The highest BCUT2D eigenvalue weighted by Gasteiger charge is 2.19. The van der Waals surface area contributed by atoms with E-state index in [1.54, 1.807) is 25.3 Å². The van der Waals surface area contributed by atoms with Crippen LogP contribution in [0.4, 0.5) is 10.1 Å². The van der Waals surface area contributed by atoms with Crippen molar-refractivity contribution in [2.75, 3.05) is 51.3 Å². The molecular weight excluding hydrogens is 383 g/mol. The van der Waals surface area contributed by atoms with Crippen LogP contribution in [-0.4, -0.2) is 57.1 Å². The number of para-hydroxylation sites is 1. The lowest BCUT2D eigenvalue weighted by Gasteiger charge is -2.35. The van der Waals surface area contributed by atoms with Gasteiger partial charge >= 0.3 is 0 Å². The Labute approximate surface area is 177 Å². The summed E-state index contributed by atoms with van der Waals surface area (Å²) in [6.45, 7) is 8.96. The fourth-order valence-electron chi connectivity index (χ4n) is 3.63. The van der Waals surface area contributed by atoms with Gasteiger partial charge in [0.2, 0.25) is 0 Å². The molecule has 160 valence electrons. The number of carbonyl (C=O) groups excluding carboxylic acids is 1. The molecule has 0 amide bonds. The molecule has 1 saturated heterocycles. The highest BCUT2D eigenvalue weighted by Crippen LogP contribution is 2.32. The van der Waals surface area contributed by atoms with E-state index in [-0.39, 0.29) is 11.6 Å². The molecule has 0 radical (unpaired) electrons. The van der Waals surface area contributed by atoms with Crippen molar-refractivity contribution in [3.05, 3.63) is 59.4 Å². The molecule has 1 aliphatic rings. The highest BCUT2D eigenvalue weighted by molar-refractivity contribution is 6.07. The smallest absolute Gasteiger partial charge is 0.185 e. The molecule has 2 aromatic rings. The van der Waals surface area contributed by atoms with Crippen LogP contribution in [0.3, 0.4) is 0 Å². The second-order valence-corrected chi connectivity index (χ2v) is 7.10. The van der Waals surface area contributed by atoms with Gasteiger partial charge in [0, 0.05) is 37.3 Å². The summed E-state index contributed by atoms with van der Waals surface area (Å²) in [6, 6.07) is 10.2. The third kappa shape index (κ3) is 5.00. The number of likely N-dealkylation sites (N-methyl/N-ethyl adjacent to an activating group) is 1. The number of hydrogen-bond acceptors (Lipinski definition) is 5. The van der Waals surface area contributed by atoms with Gasteiger partial charge in [-0.05, 0) is 49.9 Å². The average Bonchev–Trinajstić information content (AvgIpc) is 2.77. The van der Waals surface area contributed by atoms with Gasteiger partial charge in [0.25, 0.3) is 0 Å². The van der Waals surface area contributed by atoms with Gasteiger partial charge in [-0.15, -0.1) is 0 Å². The molecule has 3 rings (SSSR count). The number of hydrogen-bond donors (Lipinski definition) is 0. The van der Waals surface area contributed by atoms with Crippen molar-refractivity contribution in [3.63, 3.8) is 0 Å². The standard InChI is InChI=1S/C24H29FN2O3/c1-4-26-13-15-27(16-14-26)21-11-9-19(17-20(21)25)22(28)12-10-18-7-6-8-23(30-5-2)24(18)29-3/h6-12,17H,4-5,13-16H2,1-3H3/b12-10+. The number of allylic oxidation sites excluding steroid dienone is 1. The number of ketones is 1. The minimum absolute atomic E-state index is 0.264. The molecule has 0 aliphatic carbocycles. The van der Waals surface area contributed by atoms with Crippen molar-refractivity contribution in [2.45, 2.75) is 13.8 Å². The molecule has 1 fully saturated rings. The van der Waals surface area contributed by atoms with Crippen molar-refractivity contribution in [1.82, 2.24) is 4.90 Å². The van der Waals surface area contributed by atoms with E-state index < -0.39 is 0 Å². The Morgan fingerprint density at radius 3 is 2.53 bits per heavy atom. The lowest BCUT2D eigenvalue weighted by molar-refractivity contribution is 0.104. The Kier molecular flexibility index (Phi) is 7.46. The number of halogens is 1. The van der Waals surface area contributed by atoms with E-state index in [1.165, 1.54) is 12.1 Å². The molecule has 6 heteroatoms. The van der Waals surface area contributed by atoms with Crippen LogP contribution in [0.1, 0.15) is 29.8 Å². The molecule has 0 saturated carbocycles. The van der Waals surface area contributed by atoms with Crippen molar-refractivity contribution >= 4 is 17.5 Å². The predicted octanol–water partition coefficient (Wildman–Crippen LogP) is 4.27. The highest BCUT2D eigenvalue weighted by atomic mass is 19.1. The zero-order chi connectivity index (χ0) is 21.5. The summed E-state index contributed by atoms with van der Waals surface area (Å²) in [6.07, 6.45) is 3.10. The van der Waals surface area contributed by atoms with E-state index >= 15 is 0 Å². The molecule has 0 spiro atoms. The first-order valence-corrected chi connectivity index (χ1v) is 10.4. The number of ether oxygens (including phenoxy) is 2. The Balaban J connectivity index is 1.74. The second kappa shape index (κ2) is 10.3. The van der Waals surface area contributed by atoms with Crippen molar-refractivity contribution in [2.24, 2.45) is 0 Å². The maximum atomic E-state index is 14.7. The maximum Gasteiger partial charge on any atom is 0.185 e. The number of carbonyl (C=O) groups is 1. The fourth-order valence-corrected chi connectivity index (χ4v) is 3.63. The lowest BCUT2D eigenvalue weighted by Crippen LogP contribution is -2.46. The second-order valence-electron chi connectivity index (χ2n) is 7.10. The van der Waals surface area contributed by atoms with Crippen LogP contribution in [0.15, 0.2) is 42.5 Å². The Morgan fingerprint density at radius 2 is 1.90 bits per heavy atom. The average molecular weight is 413 g/mol. The van der Waals surface area contributed by atoms with Gasteiger partial charge in [-0.3, -0.25) is 4.79 Å². The largest absolute Gasteiger partial charge is 0.492 e. The number of nitrogens with zero attached hydrogens (tertiary/aromatic N) is 2. The Hall–Kier alpha value is -2.86. The van der Waals surface area contributed by atoms with Gasteiger partial charge in [-0.1, -0.05) is 19.1 Å². The molecule has 0 N–H and O–H groups in total. The number of rotatable bonds is 8. The maximum absolute atomic E-state index is 14.7. The van der Waals surface area contributed by atoms with E-state index in [4.69, 9.17) is 9.47 Å². The van der Waals surface area contributed by atoms with Crippen LogP contribution in [0, 0.1) is 5.82 Å². The van der Waals surface area contributed by atoms with E-state index in [2.05, 4.69) is 11.8 Å². The van der Waals surface area contributed by atoms with Gasteiger partial charge < -0.3 is 19.3 Å². The van der Waals surface area contributed by atoms with E-state index in [0.717, 1.165) is 38.3 Å². The summed E-state index contributed by atoms with van der Waals surface area (Å²) in [5, 5.41) is 0. The molecule has 1 aliphatic heterocycles. The van der Waals surface area contributed by atoms with Crippen LogP contribution < -0.4 is 14.4 Å². The fraction of sp³-hybridized carbons (Fsp3) is 0.375. The summed E-state index contributed by atoms with van der Waals surface area (Å²) >= 11 is 0. The third-order valence-electron chi connectivity index (χ3n) is 5.32. The van der Waals surface area contributed by atoms with Crippen molar-refractivity contribution < 1.29 is 18.7 Å². The van der Waals surface area contributed by atoms with Gasteiger partial charge in [-0.2, -0.15) is 0 Å². The molecule has 0 aromatic heterocycles. The first kappa shape index (κ1) is 21.8. The van der Waals surface area contributed by atoms with Gasteiger partial charge in [0.05, 0.1) is 19.4 Å². The molecule has 2 aromatic carbocycles. The van der Waals surface area contributed by atoms with Crippen LogP contribution in [0.2, 0.25) is 0 Å². The predicted molar refractivity (Wildman–Crippen MR) is 118 cm³/mol. The van der Waals surface area contributed by atoms with E-state index in [0.29, 0.717) is 29.4 Å². The number of methoxy groups -OCH3 is 1. The van der Waals surface area contributed by atoms with Crippen LogP contribution >= 0.6 is 0 Å². The molecule has 0 unspecified atom stereocenters. The summed E-state index contributed by atoms with van der Waals surface area (Å²) in [5.41, 5.74) is 1.60. The molecule has 0 bridgehead atoms. The Bertz CT molecular complexity index is 905. The van der Waals surface area contributed by atoms with Gasteiger partial charge in [-0.25, -0.2) is 4.39 Å². The topological polar surface area (TPSA) is 42.0 Å². The first-order chi connectivity index (χ1) is 14.6. The quantitative estimate of drug-likeness (QED) is 0.478. The summed E-state index contributed by atoms with van der Waals surface area (Å²) in [7, 11) is 1.56. The number of benzene rings is 2. The molecule has 30 heavy (non-hydrogen) atoms. The first-order valence-electron chi connectivity index (χ1n) is 10.4. The SMILES string of the molecule is CCOc1cccc(/C=C/C(=O)c2ccc(N3CCN(CC)CC3)c(F)c2)c1OC. The minimum atomic E-state index is -0.366. The third-order valence-corrected chi connectivity index (χ3v) is 5.32. The number of piperazine rings is 1. The van der Waals surface area contributed by atoms with Crippen molar-refractivity contribution in [1.29, 1.82) is 0 Å². The summed E-state index contributed by atoms with van der Waals surface area (Å²) in [5.74, 6) is 0.555. The van der Waals surface area contributed by atoms with Gasteiger partial charge in [0.1, 0.15) is 5.82 Å². The van der Waals surface area contributed by atoms with Gasteiger partial charge in [0.15, 0.2) is 17.3 Å². The van der Waals surface area contributed by atoms with Crippen LogP contribution in [0.5, 0.6) is 11.5 Å². The van der Waals surface area contributed by atoms with E-state index in [9.17, 15) is 9.18 Å². The summed E-state index contributed by atoms with van der Waals surface area (Å²) < 4.78 is 25.7. The summed E-state index contributed by atoms with van der Waals surface area (Å²) in [4.78, 5) is 17.0. The molecule has 0 atom stereocenters. The number of anilines is 1. The minimum Gasteiger partial charge on any atom is -0.492 e. The normalized spacial score (nSPS) is 14.9. The lowest BCUT2D eigenvalue weighted by atomic mass is 10.1. The van der Waals surface area contributed by atoms with Crippen molar-refractivity contribution in [3.8, 4) is 11.5 Å². The zero-order valence-electron chi connectivity index (χ0n) is 17.9. The zero-order valence-corrected chi connectivity index (χ0v) is 17.9. The van der Waals surface area contributed by atoms with Crippen LogP contribution in [-0.2, 0) is 0 Å². The molecule has 1 heterocycles. The Morgan fingerprint density at radius 1 is 1.13 bits per heavy atom.